The summed E-state index contributed by atoms with van der Waals surface area (Å²) in [5.41, 5.74) is 0.566. The maximum atomic E-state index is 12.6. The Morgan fingerprint density at radius 1 is 1.03 bits per heavy atom. The van der Waals surface area contributed by atoms with Crippen LogP contribution in [0.1, 0.15) is 43.1 Å². The van der Waals surface area contributed by atoms with E-state index in [9.17, 15) is 13.2 Å². The maximum absolute atomic E-state index is 12.6. The van der Waals surface area contributed by atoms with E-state index < -0.39 is 10.0 Å². The van der Waals surface area contributed by atoms with Crippen molar-refractivity contribution in [2.24, 2.45) is 0 Å². The van der Waals surface area contributed by atoms with Crippen LogP contribution in [0.4, 0.5) is 10.8 Å². The van der Waals surface area contributed by atoms with Crippen LogP contribution in [0.25, 0.3) is 0 Å². The summed E-state index contributed by atoms with van der Waals surface area (Å²) < 4.78 is 33.1. The SMILES string of the molecule is CCOc1ccc(NS(=O)(=O)c2ccc(C(=O)Nc3nnc(C(C)(C)C)s3)cc2)cc1. The van der Waals surface area contributed by atoms with Crippen LogP contribution < -0.4 is 14.8 Å². The average Bonchev–Trinajstić information content (AvgIpc) is 3.19. The number of hydrogen-bond acceptors (Lipinski definition) is 7. The molecule has 0 aliphatic heterocycles. The number of benzene rings is 2. The first-order chi connectivity index (χ1) is 14.6. The van der Waals surface area contributed by atoms with Gasteiger partial charge >= 0.3 is 0 Å². The quantitative estimate of drug-likeness (QED) is 0.544. The number of aromatic nitrogens is 2. The van der Waals surface area contributed by atoms with Crippen LogP contribution in [0.3, 0.4) is 0 Å². The molecule has 164 valence electrons. The van der Waals surface area contributed by atoms with Crippen LogP contribution >= 0.6 is 11.3 Å². The molecule has 2 N–H and O–H groups in total. The van der Waals surface area contributed by atoms with E-state index in [4.69, 9.17) is 4.74 Å². The van der Waals surface area contributed by atoms with Crippen molar-refractivity contribution < 1.29 is 17.9 Å². The monoisotopic (exact) mass is 460 g/mol. The predicted molar refractivity (Wildman–Crippen MR) is 121 cm³/mol. The van der Waals surface area contributed by atoms with Crippen LogP contribution in [0.15, 0.2) is 53.4 Å². The highest BCUT2D eigenvalue weighted by Crippen LogP contribution is 2.28. The predicted octanol–water partition coefficient (Wildman–Crippen LogP) is 4.29. The molecule has 0 atom stereocenters. The molecule has 3 rings (SSSR count). The summed E-state index contributed by atoms with van der Waals surface area (Å²) in [6.45, 7) is 8.44. The van der Waals surface area contributed by atoms with Crippen LogP contribution in [0.5, 0.6) is 5.75 Å². The Balaban J connectivity index is 1.68. The van der Waals surface area contributed by atoms with Crippen molar-refractivity contribution in [1.29, 1.82) is 0 Å². The molecule has 0 bridgehead atoms. The van der Waals surface area contributed by atoms with Crippen LogP contribution in [-0.2, 0) is 15.4 Å². The summed E-state index contributed by atoms with van der Waals surface area (Å²) in [5, 5.41) is 12.0. The Morgan fingerprint density at radius 2 is 1.68 bits per heavy atom. The molecule has 0 spiro atoms. The van der Waals surface area contributed by atoms with Gasteiger partial charge in [0.2, 0.25) is 5.13 Å². The lowest BCUT2D eigenvalue weighted by molar-refractivity contribution is 0.102. The molecule has 0 saturated heterocycles. The van der Waals surface area contributed by atoms with Gasteiger partial charge < -0.3 is 4.74 Å². The van der Waals surface area contributed by atoms with Crippen LogP contribution in [0.2, 0.25) is 0 Å². The molecule has 0 aliphatic rings. The van der Waals surface area contributed by atoms with Gasteiger partial charge in [0.1, 0.15) is 10.8 Å². The van der Waals surface area contributed by atoms with E-state index in [-0.39, 0.29) is 16.2 Å². The van der Waals surface area contributed by atoms with Crippen molar-refractivity contribution in [3.8, 4) is 5.75 Å². The maximum Gasteiger partial charge on any atom is 0.261 e. The first kappa shape index (κ1) is 22.7. The van der Waals surface area contributed by atoms with E-state index in [1.54, 1.807) is 24.3 Å². The topological polar surface area (TPSA) is 110 Å². The number of rotatable bonds is 7. The van der Waals surface area contributed by atoms with Crippen molar-refractivity contribution in [2.75, 3.05) is 16.6 Å². The van der Waals surface area contributed by atoms with E-state index in [1.807, 2.05) is 27.7 Å². The van der Waals surface area contributed by atoms with Gasteiger partial charge in [0, 0.05) is 16.7 Å². The third kappa shape index (κ3) is 5.80. The lowest BCUT2D eigenvalue weighted by Gasteiger charge is -2.12. The van der Waals surface area contributed by atoms with Gasteiger partial charge in [-0.15, -0.1) is 10.2 Å². The fraction of sp³-hybridized carbons (Fsp3) is 0.286. The Kier molecular flexibility index (Phi) is 6.61. The minimum Gasteiger partial charge on any atom is -0.494 e. The zero-order chi connectivity index (χ0) is 22.6. The first-order valence-corrected chi connectivity index (χ1v) is 11.9. The second kappa shape index (κ2) is 9.03. The van der Waals surface area contributed by atoms with Crippen molar-refractivity contribution in [2.45, 2.75) is 38.0 Å². The van der Waals surface area contributed by atoms with E-state index in [1.165, 1.54) is 35.6 Å². The number of hydrogen-bond donors (Lipinski definition) is 2. The average molecular weight is 461 g/mol. The molecule has 1 aromatic heterocycles. The molecule has 0 unspecified atom stereocenters. The molecule has 3 aromatic rings. The Hall–Kier alpha value is -2.98. The van der Waals surface area contributed by atoms with Gasteiger partial charge in [-0.2, -0.15) is 0 Å². The summed E-state index contributed by atoms with van der Waals surface area (Å²) >= 11 is 1.31. The van der Waals surface area contributed by atoms with Gasteiger partial charge in [-0.05, 0) is 55.5 Å². The van der Waals surface area contributed by atoms with E-state index in [0.717, 1.165) is 5.01 Å². The molecule has 0 radical (unpaired) electrons. The molecular formula is C21H24N4O4S2. The third-order valence-corrected chi connectivity index (χ3v) is 6.79. The van der Waals surface area contributed by atoms with Crippen molar-refractivity contribution >= 4 is 38.1 Å². The highest BCUT2D eigenvalue weighted by atomic mass is 32.2. The van der Waals surface area contributed by atoms with Crippen LogP contribution in [0, 0.1) is 0 Å². The Morgan fingerprint density at radius 3 is 2.23 bits per heavy atom. The summed E-state index contributed by atoms with van der Waals surface area (Å²) in [5.74, 6) is 0.269. The first-order valence-electron chi connectivity index (χ1n) is 9.59. The zero-order valence-electron chi connectivity index (χ0n) is 17.7. The fourth-order valence-corrected chi connectivity index (χ4v) is 4.39. The molecular weight excluding hydrogens is 436 g/mol. The summed E-state index contributed by atoms with van der Waals surface area (Å²) in [6.07, 6.45) is 0. The minimum absolute atomic E-state index is 0.0452. The highest BCUT2D eigenvalue weighted by Gasteiger charge is 2.21. The van der Waals surface area contributed by atoms with Crippen LogP contribution in [-0.4, -0.2) is 31.1 Å². The number of nitrogens with one attached hydrogen (secondary N) is 2. The molecule has 8 nitrogen and oxygen atoms in total. The van der Waals surface area contributed by atoms with Crippen molar-refractivity contribution in [3.05, 3.63) is 59.1 Å². The molecule has 1 heterocycles. The number of ether oxygens (including phenoxy) is 1. The second-order valence-corrected chi connectivity index (χ2v) is 10.4. The standard InChI is InChI=1S/C21H24N4O4S2/c1-5-29-16-10-8-15(9-11-16)25-31(27,28)17-12-6-14(7-13-17)18(26)22-20-24-23-19(30-20)21(2,3)4/h6-13,25H,5H2,1-4H3,(H,22,24,26). The molecule has 0 fully saturated rings. The third-order valence-electron chi connectivity index (χ3n) is 4.13. The minimum atomic E-state index is -3.80. The number of carbonyl (C=O) groups is 1. The Bertz CT molecular complexity index is 1150. The van der Waals surface area contributed by atoms with Gasteiger partial charge in [-0.1, -0.05) is 32.1 Å². The van der Waals surface area contributed by atoms with E-state index in [2.05, 4.69) is 20.2 Å². The van der Waals surface area contributed by atoms with Gasteiger partial charge in [-0.3, -0.25) is 14.8 Å². The molecule has 10 heteroatoms. The number of sulfonamides is 1. The summed E-state index contributed by atoms with van der Waals surface area (Å²) in [4.78, 5) is 12.5. The molecule has 0 aliphatic carbocycles. The lowest BCUT2D eigenvalue weighted by atomic mass is 9.98. The number of carbonyl (C=O) groups excluding carboxylic acids is 1. The molecule has 31 heavy (non-hydrogen) atoms. The summed E-state index contributed by atoms with van der Waals surface area (Å²) in [7, 11) is -3.80. The van der Waals surface area contributed by atoms with Crippen molar-refractivity contribution in [1.82, 2.24) is 10.2 Å². The highest BCUT2D eigenvalue weighted by molar-refractivity contribution is 7.92. The molecule has 2 aromatic carbocycles. The second-order valence-electron chi connectivity index (χ2n) is 7.70. The van der Waals surface area contributed by atoms with Crippen molar-refractivity contribution in [3.63, 3.8) is 0 Å². The zero-order valence-corrected chi connectivity index (χ0v) is 19.3. The summed E-state index contributed by atoms with van der Waals surface area (Å²) in [6, 6.07) is 12.3. The smallest absolute Gasteiger partial charge is 0.261 e. The Labute approximate surface area is 185 Å². The van der Waals surface area contributed by atoms with Gasteiger partial charge in [0.15, 0.2) is 0 Å². The number of anilines is 2. The number of nitrogens with zero attached hydrogens (tertiary/aromatic N) is 2. The normalized spacial score (nSPS) is 11.7. The van der Waals surface area contributed by atoms with Gasteiger partial charge in [0.05, 0.1) is 11.5 Å². The fourth-order valence-electron chi connectivity index (χ4n) is 2.53. The molecule has 0 saturated carbocycles. The van der Waals surface area contributed by atoms with E-state index >= 15 is 0 Å². The lowest BCUT2D eigenvalue weighted by Crippen LogP contribution is -2.14. The largest absolute Gasteiger partial charge is 0.494 e. The van der Waals surface area contributed by atoms with Gasteiger partial charge in [0.25, 0.3) is 15.9 Å². The van der Waals surface area contributed by atoms with E-state index in [0.29, 0.717) is 28.7 Å². The molecule has 1 amide bonds. The van der Waals surface area contributed by atoms with Gasteiger partial charge in [-0.25, -0.2) is 8.42 Å². The number of amides is 1.